The average molecular weight is 228 g/mol. The van der Waals surface area contributed by atoms with E-state index in [0.717, 1.165) is 23.9 Å². The first-order chi connectivity index (χ1) is 6.84. The number of aromatic amines is 1. The third-order valence-corrected chi connectivity index (χ3v) is 3.05. The molecule has 0 aliphatic heterocycles. The molecule has 0 fully saturated rings. The molecule has 2 N–H and O–H groups in total. The van der Waals surface area contributed by atoms with E-state index in [9.17, 15) is 0 Å². The van der Waals surface area contributed by atoms with Gasteiger partial charge in [-0.15, -0.1) is 11.3 Å². The molecule has 2 heterocycles. The van der Waals surface area contributed by atoms with Crippen LogP contribution in [0.15, 0.2) is 23.8 Å². The fourth-order valence-electron chi connectivity index (χ4n) is 1.15. The predicted molar refractivity (Wildman–Crippen MR) is 58.5 cm³/mol. The van der Waals surface area contributed by atoms with Gasteiger partial charge in [0.05, 0.1) is 11.6 Å². The number of nitrogens with one attached hydrogen (secondary N) is 2. The molecule has 0 amide bonds. The maximum Gasteiger partial charge on any atom is 0.120 e. The molecular weight excluding hydrogens is 218 g/mol. The summed E-state index contributed by atoms with van der Waals surface area (Å²) in [6, 6.07) is 1.97. The van der Waals surface area contributed by atoms with Crippen LogP contribution in [0.1, 0.15) is 10.7 Å². The standard InChI is InChI=1S/C9H10ClN3S/c10-7-3-8(14-6-7)4-11-5-9-12-1-2-13-9/h1-3,6,11H,4-5H2,(H,12,13). The van der Waals surface area contributed by atoms with Crippen molar-refractivity contribution in [1.82, 2.24) is 15.3 Å². The quantitative estimate of drug-likeness (QED) is 0.842. The minimum atomic E-state index is 0.752. The number of aromatic nitrogens is 2. The van der Waals surface area contributed by atoms with Crippen LogP contribution in [0.5, 0.6) is 0 Å². The van der Waals surface area contributed by atoms with E-state index in [2.05, 4.69) is 15.3 Å². The van der Waals surface area contributed by atoms with Gasteiger partial charge in [-0.2, -0.15) is 0 Å². The fraction of sp³-hybridized carbons (Fsp3) is 0.222. The van der Waals surface area contributed by atoms with Gasteiger partial charge in [0.1, 0.15) is 5.82 Å². The molecule has 0 aliphatic rings. The predicted octanol–water partition coefficient (Wildman–Crippen LogP) is 2.41. The van der Waals surface area contributed by atoms with Crippen LogP contribution in [0, 0.1) is 0 Å². The third kappa shape index (κ3) is 2.57. The van der Waals surface area contributed by atoms with Crippen LogP contribution in [-0.4, -0.2) is 9.97 Å². The highest BCUT2D eigenvalue weighted by Gasteiger charge is 1.98. The summed E-state index contributed by atoms with van der Waals surface area (Å²) >= 11 is 7.46. The second-order valence-corrected chi connectivity index (χ2v) is 4.30. The number of imidazole rings is 1. The van der Waals surface area contributed by atoms with Crippen LogP contribution in [0.2, 0.25) is 5.02 Å². The monoisotopic (exact) mass is 227 g/mol. The second-order valence-electron chi connectivity index (χ2n) is 2.87. The van der Waals surface area contributed by atoms with Gasteiger partial charge in [0.25, 0.3) is 0 Å². The lowest BCUT2D eigenvalue weighted by atomic mass is 10.4. The molecule has 74 valence electrons. The Hall–Kier alpha value is -0.840. The van der Waals surface area contributed by atoms with Crippen molar-refractivity contribution < 1.29 is 0 Å². The van der Waals surface area contributed by atoms with Crippen LogP contribution in [0.4, 0.5) is 0 Å². The molecule has 0 atom stereocenters. The lowest BCUT2D eigenvalue weighted by molar-refractivity contribution is 0.675. The summed E-state index contributed by atoms with van der Waals surface area (Å²) in [4.78, 5) is 8.38. The Labute approximate surface area is 91.1 Å². The Morgan fingerprint density at radius 1 is 1.50 bits per heavy atom. The van der Waals surface area contributed by atoms with Gasteiger partial charge >= 0.3 is 0 Å². The van der Waals surface area contributed by atoms with Gasteiger partial charge in [-0.3, -0.25) is 0 Å². The lowest BCUT2D eigenvalue weighted by Gasteiger charge is -1.99. The molecule has 0 unspecified atom stereocenters. The lowest BCUT2D eigenvalue weighted by Crippen LogP contribution is -2.12. The van der Waals surface area contributed by atoms with Crippen LogP contribution in [0.25, 0.3) is 0 Å². The molecular formula is C9H10ClN3S. The SMILES string of the molecule is Clc1csc(CNCc2ncc[nH]2)c1. The van der Waals surface area contributed by atoms with Crippen LogP contribution < -0.4 is 5.32 Å². The summed E-state index contributed by atoms with van der Waals surface area (Å²) in [5.74, 6) is 0.952. The summed E-state index contributed by atoms with van der Waals surface area (Å²) in [6.45, 7) is 1.58. The van der Waals surface area contributed by atoms with Crippen molar-refractivity contribution in [2.24, 2.45) is 0 Å². The van der Waals surface area contributed by atoms with Crippen LogP contribution >= 0.6 is 22.9 Å². The van der Waals surface area contributed by atoms with E-state index < -0.39 is 0 Å². The number of hydrogen-bond donors (Lipinski definition) is 2. The van der Waals surface area contributed by atoms with Gasteiger partial charge < -0.3 is 10.3 Å². The number of halogens is 1. The molecule has 0 radical (unpaired) electrons. The Morgan fingerprint density at radius 3 is 3.07 bits per heavy atom. The minimum Gasteiger partial charge on any atom is -0.348 e. The van der Waals surface area contributed by atoms with Gasteiger partial charge in [0.15, 0.2) is 0 Å². The molecule has 2 aromatic heterocycles. The highest BCUT2D eigenvalue weighted by atomic mass is 35.5. The van der Waals surface area contributed by atoms with E-state index in [-0.39, 0.29) is 0 Å². The average Bonchev–Trinajstić information content (AvgIpc) is 2.77. The third-order valence-electron chi connectivity index (χ3n) is 1.77. The molecule has 0 saturated heterocycles. The van der Waals surface area contributed by atoms with Gasteiger partial charge in [-0.25, -0.2) is 4.98 Å². The van der Waals surface area contributed by atoms with Gasteiger partial charge in [0, 0.05) is 29.2 Å². The van der Waals surface area contributed by atoms with E-state index >= 15 is 0 Å². The molecule has 0 spiro atoms. The highest BCUT2D eigenvalue weighted by Crippen LogP contribution is 2.18. The van der Waals surface area contributed by atoms with Gasteiger partial charge in [0.2, 0.25) is 0 Å². The molecule has 5 heteroatoms. The topological polar surface area (TPSA) is 40.7 Å². The number of hydrogen-bond acceptors (Lipinski definition) is 3. The van der Waals surface area contributed by atoms with E-state index in [1.165, 1.54) is 4.88 Å². The smallest absolute Gasteiger partial charge is 0.120 e. The molecule has 0 saturated carbocycles. The van der Waals surface area contributed by atoms with Gasteiger partial charge in [-0.1, -0.05) is 11.6 Å². The number of nitrogens with zero attached hydrogens (tertiary/aromatic N) is 1. The van der Waals surface area contributed by atoms with Crippen molar-refractivity contribution in [2.45, 2.75) is 13.1 Å². The summed E-state index contributed by atoms with van der Waals surface area (Å²) < 4.78 is 0. The van der Waals surface area contributed by atoms with E-state index in [1.54, 1.807) is 17.5 Å². The van der Waals surface area contributed by atoms with Crippen molar-refractivity contribution in [3.05, 3.63) is 39.6 Å². The number of thiophene rings is 1. The zero-order valence-electron chi connectivity index (χ0n) is 7.46. The van der Waals surface area contributed by atoms with Crippen molar-refractivity contribution in [3.8, 4) is 0 Å². The minimum absolute atomic E-state index is 0.752. The first-order valence-corrected chi connectivity index (χ1v) is 5.52. The van der Waals surface area contributed by atoms with Crippen molar-refractivity contribution in [1.29, 1.82) is 0 Å². The zero-order valence-corrected chi connectivity index (χ0v) is 9.03. The fourth-order valence-corrected chi connectivity index (χ4v) is 2.19. The Balaban J connectivity index is 1.78. The summed E-state index contributed by atoms with van der Waals surface area (Å²) in [5, 5.41) is 6.02. The summed E-state index contributed by atoms with van der Waals surface area (Å²) in [6.07, 6.45) is 3.57. The van der Waals surface area contributed by atoms with E-state index in [4.69, 9.17) is 11.6 Å². The zero-order chi connectivity index (χ0) is 9.80. The van der Waals surface area contributed by atoms with Crippen LogP contribution in [-0.2, 0) is 13.1 Å². The summed E-state index contributed by atoms with van der Waals surface area (Å²) in [5.41, 5.74) is 0. The van der Waals surface area contributed by atoms with Crippen molar-refractivity contribution >= 4 is 22.9 Å². The first-order valence-electron chi connectivity index (χ1n) is 4.26. The molecule has 14 heavy (non-hydrogen) atoms. The first kappa shape index (κ1) is 9.71. The van der Waals surface area contributed by atoms with Crippen molar-refractivity contribution in [2.75, 3.05) is 0 Å². The largest absolute Gasteiger partial charge is 0.348 e. The number of H-pyrrole nitrogens is 1. The normalized spacial score (nSPS) is 10.6. The Morgan fingerprint density at radius 2 is 2.43 bits per heavy atom. The molecule has 0 bridgehead atoms. The Bertz CT molecular complexity index is 382. The number of rotatable bonds is 4. The maximum atomic E-state index is 5.80. The van der Waals surface area contributed by atoms with Crippen molar-refractivity contribution in [3.63, 3.8) is 0 Å². The van der Waals surface area contributed by atoms with Gasteiger partial charge in [-0.05, 0) is 6.07 Å². The Kier molecular flexibility index (Phi) is 3.18. The van der Waals surface area contributed by atoms with E-state index in [0.29, 0.717) is 0 Å². The molecule has 0 aliphatic carbocycles. The molecule has 3 nitrogen and oxygen atoms in total. The van der Waals surface area contributed by atoms with Crippen LogP contribution in [0.3, 0.4) is 0 Å². The van der Waals surface area contributed by atoms with E-state index in [1.807, 2.05) is 17.6 Å². The molecule has 2 rings (SSSR count). The molecule has 2 aromatic rings. The summed E-state index contributed by atoms with van der Waals surface area (Å²) in [7, 11) is 0. The molecule has 0 aromatic carbocycles. The second kappa shape index (κ2) is 4.59. The highest BCUT2D eigenvalue weighted by molar-refractivity contribution is 7.10. The maximum absolute atomic E-state index is 5.80.